The second-order valence-corrected chi connectivity index (χ2v) is 5.88. The number of non-ortho nitro benzene ring substituents is 1. The fraction of sp³-hybridized carbons (Fsp3) is 0.500. The second-order valence-electron chi connectivity index (χ2n) is 4.39. The summed E-state index contributed by atoms with van der Waals surface area (Å²) in [5.41, 5.74) is 0.138. The Balaban J connectivity index is 2.17. The van der Waals surface area contributed by atoms with Gasteiger partial charge in [0, 0.05) is 23.4 Å². The topological polar surface area (TPSA) is 55.2 Å². The lowest BCUT2D eigenvalue weighted by Gasteiger charge is -2.29. The highest BCUT2D eigenvalue weighted by Crippen LogP contribution is 2.29. The van der Waals surface area contributed by atoms with Crippen LogP contribution in [0.15, 0.2) is 18.2 Å². The van der Waals surface area contributed by atoms with Gasteiger partial charge in [-0.05, 0) is 24.7 Å². The van der Waals surface area contributed by atoms with E-state index in [2.05, 4.69) is 12.2 Å². The summed E-state index contributed by atoms with van der Waals surface area (Å²) >= 11 is 1.84. The number of benzene rings is 1. The molecule has 2 rings (SSSR count). The molecule has 0 spiro atoms. The highest BCUT2D eigenvalue weighted by Gasteiger charge is 2.23. The van der Waals surface area contributed by atoms with Gasteiger partial charge in [0.05, 0.1) is 10.6 Å². The molecule has 0 saturated carbocycles. The molecule has 1 N–H and O–H groups in total. The van der Waals surface area contributed by atoms with E-state index in [1.54, 1.807) is 0 Å². The number of nitro benzene ring substituents is 1. The quantitative estimate of drug-likeness (QED) is 0.675. The zero-order valence-electron chi connectivity index (χ0n) is 10.1. The molecule has 2 unspecified atom stereocenters. The maximum absolute atomic E-state index is 13.6. The van der Waals surface area contributed by atoms with Crippen LogP contribution in [0.4, 0.5) is 15.8 Å². The molecule has 4 nitrogen and oxygen atoms in total. The molecule has 18 heavy (non-hydrogen) atoms. The fourth-order valence-corrected chi connectivity index (χ4v) is 3.19. The highest BCUT2D eigenvalue weighted by atomic mass is 32.2. The molecule has 1 heterocycles. The van der Waals surface area contributed by atoms with Crippen molar-refractivity contribution in [3.05, 3.63) is 34.1 Å². The summed E-state index contributed by atoms with van der Waals surface area (Å²) in [7, 11) is 0. The average Bonchev–Trinajstić information content (AvgIpc) is 2.34. The molecular weight excluding hydrogens is 255 g/mol. The van der Waals surface area contributed by atoms with Crippen LogP contribution in [0.2, 0.25) is 0 Å². The molecule has 1 aliphatic rings. The Morgan fingerprint density at radius 1 is 1.56 bits per heavy atom. The molecule has 98 valence electrons. The lowest BCUT2D eigenvalue weighted by Crippen LogP contribution is -2.33. The van der Waals surface area contributed by atoms with Gasteiger partial charge in [0.15, 0.2) is 0 Å². The van der Waals surface area contributed by atoms with Gasteiger partial charge >= 0.3 is 0 Å². The minimum atomic E-state index is -0.510. The minimum absolute atomic E-state index is 0.0879. The number of rotatable bonds is 3. The van der Waals surface area contributed by atoms with E-state index in [1.165, 1.54) is 12.1 Å². The van der Waals surface area contributed by atoms with Gasteiger partial charge in [0.25, 0.3) is 5.69 Å². The highest BCUT2D eigenvalue weighted by molar-refractivity contribution is 8.00. The summed E-state index contributed by atoms with van der Waals surface area (Å²) in [6, 6.07) is 3.75. The van der Waals surface area contributed by atoms with E-state index in [1.807, 2.05) is 11.8 Å². The predicted molar refractivity (Wildman–Crippen MR) is 71.6 cm³/mol. The maximum atomic E-state index is 13.6. The van der Waals surface area contributed by atoms with Crippen molar-refractivity contribution in [2.45, 2.75) is 31.1 Å². The molecule has 1 aromatic carbocycles. The molecule has 0 amide bonds. The van der Waals surface area contributed by atoms with Crippen molar-refractivity contribution in [1.82, 2.24) is 0 Å². The third kappa shape index (κ3) is 2.93. The lowest BCUT2D eigenvalue weighted by atomic mass is 10.1. The van der Waals surface area contributed by atoms with Gasteiger partial charge in [-0.3, -0.25) is 10.1 Å². The Bertz CT molecular complexity index is 456. The van der Waals surface area contributed by atoms with Gasteiger partial charge in [0.2, 0.25) is 0 Å². The first-order chi connectivity index (χ1) is 8.58. The predicted octanol–water partition coefficient (Wildman–Crippen LogP) is 3.43. The number of anilines is 1. The van der Waals surface area contributed by atoms with Gasteiger partial charge in [0.1, 0.15) is 5.82 Å². The summed E-state index contributed by atoms with van der Waals surface area (Å²) in [4.78, 5) is 10.2. The van der Waals surface area contributed by atoms with Gasteiger partial charge in [-0.25, -0.2) is 4.39 Å². The molecule has 1 saturated heterocycles. The SMILES string of the molecule is CC1SCCCC1Nc1cc([N+](=O)[O-])ccc1F. The minimum Gasteiger partial charge on any atom is -0.379 e. The van der Waals surface area contributed by atoms with E-state index in [4.69, 9.17) is 0 Å². The lowest BCUT2D eigenvalue weighted by molar-refractivity contribution is -0.384. The first-order valence-corrected chi connectivity index (χ1v) is 6.95. The first-order valence-electron chi connectivity index (χ1n) is 5.90. The van der Waals surface area contributed by atoms with Crippen molar-refractivity contribution in [3.8, 4) is 0 Å². The Morgan fingerprint density at radius 3 is 3.00 bits per heavy atom. The summed E-state index contributed by atoms with van der Waals surface area (Å²) in [5, 5.41) is 14.2. The molecule has 6 heteroatoms. The smallest absolute Gasteiger partial charge is 0.271 e. The fourth-order valence-electron chi connectivity index (χ4n) is 2.05. The van der Waals surface area contributed by atoms with Crippen LogP contribution in [0.5, 0.6) is 0 Å². The van der Waals surface area contributed by atoms with Crippen molar-refractivity contribution in [1.29, 1.82) is 0 Å². The molecular formula is C12H15FN2O2S. The normalized spacial score (nSPS) is 23.7. The Labute approximate surface area is 109 Å². The molecule has 1 aromatic rings. The number of hydrogen-bond acceptors (Lipinski definition) is 4. The van der Waals surface area contributed by atoms with Crippen LogP contribution in [0.1, 0.15) is 19.8 Å². The monoisotopic (exact) mass is 270 g/mol. The van der Waals surface area contributed by atoms with Gasteiger partial charge in [-0.15, -0.1) is 0 Å². The summed E-state index contributed by atoms with van der Waals surface area (Å²) in [6.07, 6.45) is 2.06. The van der Waals surface area contributed by atoms with E-state index in [-0.39, 0.29) is 17.4 Å². The van der Waals surface area contributed by atoms with Gasteiger partial charge in [-0.2, -0.15) is 11.8 Å². The zero-order valence-corrected chi connectivity index (χ0v) is 10.9. The number of nitrogens with one attached hydrogen (secondary N) is 1. The zero-order chi connectivity index (χ0) is 13.1. The molecule has 0 aliphatic carbocycles. The summed E-state index contributed by atoms with van der Waals surface area (Å²) < 4.78 is 13.6. The van der Waals surface area contributed by atoms with Crippen LogP contribution < -0.4 is 5.32 Å². The maximum Gasteiger partial charge on any atom is 0.271 e. The van der Waals surface area contributed by atoms with Crippen LogP contribution in [-0.2, 0) is 0 Å². The van der Waals surface area contributed by atoms with Crippen LogP contribution in [0.25, 0.3) is 0 Å². The number of nitro groups is 1. The van der Waals surface area contributed by atoms with E-state index in [0.29, 0.717) is 5.25 Å². The van der Waals surface area contributed by atoms with E-state index in [9.17, 15) is 14.5 Å². The van der Waals surface area contributed by atoms with Crippen molar-refractivity contribution in [2.75, 3.05) is 11.1 Å². The molecule has 0 radical (unpaired) electrons. The Morgan fingerprint density at radius 2 is 2.33 bits per heavy atom. The Kier molecular flexibility index (Phi) is 4.06. The standard InChI is InChI=1S/C12H15FN2O2S/c1-8-11(3-2-6-18-8)14-12-7-9(15(16)17)4-5-10(12)13/h4-5,7-8,11,14H,2-3,6H2,1H3. The van der Waals surface area contributed by atoms with E-state index < -0.39 is 10.7 Å². The number of halogens is 1. The molecule has 1 aliphatic heterocycles. The van der Waals surface area contributed by atoms with E-state index in [0.717, 1.165) is 24.7 Å². The largest absolute Gasteiger partial charge is 0.379 e. The van der Waals surface area contributed by atoms with Gasteiger partial charge in [-0.1, -0.05) is 6.92 Å². The molecule has 0 aromatic heterocycles. The third-order valence-electron chi connectivity index (χ3n) is 3.11. The van der Waals surface area contributed by atoms with Crippen LogP contribution >= 0.6 is 11.8 Å². The van der Waals surface area contributed by atoms with Crippen LogP contribution in [0, 0.1) is 15.9 Å². The first kappa shape index (κ1) is 13.1. The number of hydrogen-bond donors (Lipinski definition) is 1. The number of thioether (sulfide) groups is 1. The van der Waals surface area contributed by atoms with Crippen molar-refractivity contribution < 1.29 is 9.31 Å². The van der Waals surface area contributed by atoms with Crippen LogP contribution in [-0.4, -0.2) is 22.0 Å². The molecule has 0 bridgehead atoms. The summed E-state index contributed by atoms with van der Waals surface area (Å²) in [6.45, 7) is 2.09. The van der Waals surface area contributed by atoms with Crippen molar-refractivity contribution >= 4 is 23.1 Å². The summed E-state index contributed by atoms with van der Waals surface area (Å²) in [5.74, 6) is 0.680. The molecule has 2 atom stereocenters. The Hall–Kier alpha value is -1.30. The van der Waals surface area contributed by atoms with Crippen LogP contribution in [0.3, 0.4) is 0 Å². The average molecular weight is 270 g/mol. The molecule has 1 fully saturated rings. The van der Waals surface area contributed by atoms with E-state index >= 15 is 0 Å². The van der Waals surface area contributed by atoms with Crippen molar-refractivity contribution in [2.24, 2.45) is 0 Å². The van der Waals surface area contributed by atoms with Gasteiger partial charge < -0.3 is 5.32 Å². The number of nitrogens with zero attached hydrogens (tertiary/aromatic N) is 1. The third-order valence-corrected chi connectivity index (χ3v) is 4.49. The van der Waals surface area contributed by atoms with Crippen molar-refractivity contribution in [3.63, 3.8) is 0 Å². The second kappa shape index (κ2) is 5.56.